The maximum Gasteiger partial charge on any atom is 0.255 e. The summed E-state index contributed by atoms with van der Waals surface area (Å²) in [5, 5.41) is 7.38. The number of carbonyl (C=O) groups is 1. The first-order valence-electron chi connectivity index (χ1n) is 7.82. The van der Waals surface area contributed by atoms with Crippen molar-refractivity contribution in [3.63, 3.8) is 0 Å². The fourth-order valence-corrected chi connectivity index (χ4v) is 2.60. The number of nitrogens with zero attached hydrogens (tertiary/aromatic N) is 1. The molecule has 4 rings (SSSR count). The molecule has 1 saturated carbocycles. The fraction of sp³-hybridized carbons (Fsp3) is 0.158. The van der Waals surface area contributed by atoms with Crippen LogP contribution >= 0.6 is 0 Å². The quantitative estimate of drug-likeness (QED) is 0.769. The number of anilines is 2. The normalized spacial score (nSPS) is 13.7. The third kappa shape index (κ3) is 2.88. The van der Waals surface area contributed by atoms with E-state index in [1.807, 2.05) is 54.6 Å². The Morgan fingerprint density at radius 3 is 2.52 bits per heavy atom. The zero-order valence-corrected chi connectivity index (χ0v) is 12.6. The monoisotopic (exact) mass is 303 g/mol. The number of carbonyl (C=O) groups excluding carboxylic acids is 1. The Hall–Kier alpha value is -2.88. The highest BCUT2D eigenvalue weighted by Gasteiger charge is 2.25. The summed E-state index contributed by atoms with van der Waals surface area (Å²) in [5.41, 5.74) is 3.21. The van der Waals surface area contributed by atoms with Crippen LogP contribution in [-0.2, 0) is 0 Å². The van der Waals surface area contributed by atoms with Crippen LogP contribution in [0.1, 0.15) is 23.2 Å². The molecule has 0 bridgehead atoms. The lowest BCUT2D eigenvalue weighted by molar-refractivity contribution is 0.0951. The molecule has 0 unspecified atom stereocenters. The standard InChI is InChI=1S/C19H17N3O/c23-19(22-14-10-11-14)16-12-20-17-9-5-4-8-15(17)18(16)21-13-6-2-1-3-7-13/h1-9,12,14H,10-11H2,(H,20,21)(H,22,23). The summed E-state index contributed by atoms with van der Waals surface area (Å²) in [6.45, 7) is 0. The van der Waals surface area contributed by atoms with Crippen molar-refractivity contribution < 1.29 is 4.79 Å². The molecule has 0 radical (unpaired) electrons. The highest BCUT2D eigenvalue weighted by Crippen LogP contribution is 2.30. The van der Waals surface area contributed by atoms with Crippen LogP contribution in [0.15, 0.2) is 60.8 Å². The minimum Gasteiger partial charge on any atom is -0.354 e. The van der Waals surface area contributed by atoms with Gasteiger partial charge in [-0.05, 0) is 31.0 Å². The average Bonchev–Trinajstić information content (AvgIpc) is 3.40. The Labute approximate surface area is 134 Å². The number of aromatic nitrogens is 1. The minimum atomic E-state index is -0.0656. The molecule has 0 spiro atoms. The van der Waals surface area contributed by atoms with Gasteiger partial charge in [0.25, 0.3) is 5.91 Å². The molecule has 114 valence electrons. The van der Waals surface area contributed by atoms with Gasteiger partial charge in [-0.25, -0.2) is 0 Å². The molecule has 0 saturated heterocycles. The van der Waals surface area contributed by atoms with Crippen molar-refractivity contribution in [2.24, 2.45) is 0 Å². The molecule has 1 amide bonds. The summed E-state index contributed by atoms with van der Waals surface area (Å²) in [7, 11) is 0. The average molecular weight is 303 g/mol. The van der Waals surface area contributed by atoms with E-state index in [9.17, 15) is 4.79 Å². The van der Waals surface area contributed by atoms with E-state index >= 15 is 0 Å². The molecule has 1 aromatic heterocycles. The third-order valence-electron chi connectivity index (χ3n) is 3.98. The zero-order valence-electron chi connectivity index (χ0n) is 12.6. The highest BCUT2D eigenvalue weighted by atomic mass is 16.1. The van der Waals surface area contributed by atoms with E-state index < -0.39 is 0 Å². The second kappa shape index (κ2) is 5.72. The van der Waals surface area contributed by atoms with Crippen molar-refractivity contribution in [3.8, 4) is 0 Å². The van der Waals surface area contributed by atoms with Gasteiger partial charge in [0, 0.05) is 23.3 Å². The van der Waals surface area contributed by atoms with Crippen molar-refractivity contribution in [1.82, 2.24) is 10.3 Å². The molecule has 0 atom stereocenters. The van der Waals surface area contributed by atoms with Gasteiger partial charge >= 0.3 is 0 Å². The van der Waals surface area contributed by atoms with E-state index in [4.69, 9.17) is 0 Å². The second-order valence-corrected chi connectivity index (χ2v) is 5.80. The molecular weight excluding hydrogens is 286 g/mol. The van der Waals surface area contributed by atoms with Gasteiger partial charge in [-0.1, -0.05) is 36.4 Å². The number of pyridine rings is 1. The lowest BCUT2D eigenvalue weighted by atomic mass is 10.1. The topological polar surface area (TPSA) is 54.0 Å². The number of amides is 1. The predicted octanol–water partition coefficient (Wildman–Crippen LogP) is 3.87. The number of fused-ring (bicyclic) bond motifs is 1. The molecule has 2 N–H and O–H groups in total. The summed E-state index contributed by atoms with van der Waals surface area (Å²) in [5.74, 6) is -0.0656. The summed E-state index contributed by atoms with van der Waals surface area (Å²) < 4.78 is 0. The van der Waals surface area contributed by atoms with Gasteiger partial charge in [0.1, 0.15) is 0 Å². The summed E-state index contributed by atoms with van der Waals surface area (Å²) in [4.78, 5) is 17.0. The molecular formula is C19H17N3O. The molecule has 1 aliphatic carbocycles. The lowest BCUT2D eigenvalue weighted by Crippen LogP contribution is -2.26. The van der Waals surface area contributed by atoms with Gasteiger partial charge in [0.05, 0.1) is 16.8 Å². The molecule has 4 nitrogen and oxygen atoms in total. The molecule has 1 heterocycles. The van der Waals surface area contributed by atoms with Gasteiger partial charge in [0.15, 0.2) is 0 Å². The largest absolute Gasteiger partial charge is 0.354 e. The Balaban J connectivity index is 1.80. The van der Waals surface area contributed by atoms with Crippen molar-refractivity contribution in [3.05, 3.63) is 66.4 Å². The van der Waals surface area contributed by atoms with E-state index in [2.05, 4.69) is 15.6 Å². The Bertz CT molecular complexity index is 857. The molecule has 0 aliphatic heterocycles. The van der Waals surface area contributed by atoms with Crippen LogP contribution in [-0.4, -0.2) is 16.9 Å². The van der Waals surface area contributed by atoms with Gasteiger partial charge in [-0.15, -0.1) is 0 Å². The minimum absolute atomic E-state index is 0.0656. The van der Waals surface area contributed by atoms with E-state index in [-0.39, 0.29) is 5.91 Å². The number of para-hydroxylation sites is 2. The second-order valence-electron chi connectivity index (χ2n) is 5.80. The number of nitrogens with one attached hydrogen (secondary N) is 2. The Kier molecular flexibility index (Phi) is 3.42. The van der Waals surface area contributed by atoms with Gasteiger partial charge in [-0.2, -0.15) is 0 Å². The van der Waals surface area contributed by atoms with Crippen LogP contribution < -0.4 is 10.6 Å². The molecule has 3 aromatic rings. The molecule has 1 aliphatic rings. The molecule has 4 heteroatoms. The summed E-state index contributed by atoms with van der Waals surface area (Å²) in [6.07, 6.45) is 3.79. The number of rotatable bonds is 4. The maximum absolute atomic E-state index is 12.6. The summed E-state index contributed by atoms with van der Waals surface area (Å²) >= 11 is 0. The lowest BCUT2D eigenvalue weighted by Gasteiger charge is -2.14. The van der Waals surface area contributed by atoms with E-state index in [1.54, 1.807) is 6.20 Å². The summed E-state index contributed by atoms with van der Waals surface area (Å²) in [6, 6.07) is 18.0. The Morgan fingerprint density at radius 1 is 1.00 bits per heavy atom. The van der Waals surface area contributed by atoms with Crippen LogP contribution in [0.25, 0.3) is 10.9 Å². The third-order valence-corrected chi connectivity index (χ3v) is 3.98. The van der Waals surface area contributed by atoms with Gasteiger partial charge in [0.2, 0.25) is 0 Å². The van der Waals surface area contributed by atoms with Crippen LogP contribution in [0.3, 0.4) is 0 Å². The Morgan fingerprint density at radius 2 is 1.74 bits per heavy atom. The van der Waals surface area contributed by atoms with Crippen molar-refractivity contribution in [2.75, 3.05) is 5.32 Å². The first-order valence-corrected chi connectivity index (χ1v) is 7.82. The highest BCUT2D eigenvalue weighted by molar-refractivity contribution is 6.08. The predicted molar refractivity (Wildman–Crippen MR) is 92.0 cm³/mol. The maximum atomic E-state index is 12.6. The van der Waals surface area contributed by atoms with Crippen LogP contribution in [0.4, 0.5) is 11.4 Å². The smallest absolute Gasteiger partial charge is 0.255 e. The molecule has 2 aromatic carbocycles. The number of hydrogen-bond acceptors (Lipinski definition) is 3. The van der Waals surface area contributed by atoms with Gasteiger partial charge in [-0.3, -0.25) is 9.78 Å². The van der Waals surface area contributed by atoms with Crippen LogP contribution in [0.5, 0.6) is 0 Å². The van der Waals surface area contributed by atoms with E-state index in [0.717, 1.165) is 35.1 Å². The fourth-order valence-electron chi connectivity index (χ4n) is 2.60. The zero-order chi connectivity index (χ0) is 15.6. The van der Waals surface area contributed by atoms with Crippen LogP contribution in [0, 0.1) is 0 Å². The molecule has 1 fully saturated rings. The van der Waals surface area contributed by atoms with Crippen LogP contribution in [0.2, 0.25) is 0 Å². The number of benzene rings is 2. The SMILES string of the molecule is O=C(NC1CC1)c1cnc2ccccc2c1Nc1ccccc1. The first-order chi connectivity index (χ1) is 11.3. The van der Waals surface area contributed by atoms with E-state index in [1.165, 1.54) is 0 Å². The van der Waals surface area contributed by atoms with Crippen molar-refractivity contribution in [1.29, 1.82) is 0 Å². The van der Waals surface area contributed by atoms with Crippen molar-refractivity contribution in [2.45, 2.75) is 18.9 Å². The first kappa shape index (κ1) is 13.8. The van der Waals surface area contributed by atoms with Gasteiger partial charge < -0.3 is 10.6 Å². The molecule has 23 heavy (non-hydrogen) atoms. The number of hydrogen-bond donors (Lipinski definition) is 2. The van der Waals surface area contributed by atoms with Crippen molar-refractivity contribution >= 4 is 28.2 Å². The van der Waals surface area contributed by atoms with E-state index in [0.29, 0.717) is 11.6 Å².